The second-order valence-electron chi connectivity index (χ2n) is 9.26. The molecule has 2 aromatic heterocycles. The average Bonchev–Trinajstić information content (AvgIpc) is 3.47. The van der Waals surface area contributed by atoms with E-state index in [2.05, 4.69) is 34.5 Å². The largest absolute Gasteiger partial charge is 0.543 e. The quantitative estimate of drug-likeness (QED) is 0.172. The van der Waals surface area contributed by atoms with Gasteiger partial charge in [-0.3, -0.25) is 14.5 Å². The molecule has 12 nitrogen and oxygen atoms in total. The van der Waals surface area contributed by atoms with Gasteiger partial charge in [0.15, 0.2) is 10.8 Å². The lowest BCUT2D eigenvalue weighted by Crippen LogP contribution is -2.71. The van der Waals surface area contributed by atoms with E-state index in [0.29, 0.717) is 22.4 Å². The van der Waals surface area contributed by atoms with Crippen molar-refractivity contribution in [2.75, 3.05) is 39.2 Å². The van der Waals surface area contributed by atoms with E-state index in [9.17, 15) is 19.5 Å². The summed E-state index contributed by atoms with van der Waals surface area (Å²) in [6, 6.07) is -0.941. The summed E-state index contributed by atoms with van der Waals surface area (Å²) in [5, 5.41) is 19.6. The summed E-state index contributed by atoms with van der Waals surface area (Å²) in [6.07, 6.45) is 3.65. The van der Waals surface area contributed by atoms with E-state index in [0.717, 1.165) is 23.6 Å². The van der Waals surface area contributed by atoms with Gasteiger partial charge in [-0.2, -0.15) is 0 Å². The highest BCUT2D eigenvalue weighted by atomic mass is 32.2. The number of aryl methyl sites for hydroxylation is 1. The number of thioether (sulfide) groups is 1. The summed E-state index contributed by atoms with van der Waals surface area (Å²) in [6.45, 7) is 3.41. The van der Waals surface area contributed by atoms with Crippen LogP contribution in [0.25, 0.3) is 0 Å². The molecule has 38 heavy (non-hydrogen) atoms. The maximum absolute atomic E-state index is 13.0. The smallest absolute Gasteiger partial charge is 0.276 e. The minimum atomic E-state index is -1.44. The summed E-state index contributed by atoms with van der Waals surface area (Å²) in [5.41, 5.74) is 8.87. The van der Waals surface area contributed by atoms with E-state index >= 15 is 0 Å². The van der Waals surface area contributed by atoms with Crippen LogP contribution in [-0.2, 0) is 25.8 Å². The molecule has 1 fully saturated rings. The molecular weight excluding hydrogens is 550 g/mol. The Morgan fingerprint density at radius 1 is 1.39 bits per heavy atom. The van der Waals surface area contributed by atoms with Crippen LogP contribution in [0.15, 0.2) is 39.5 Å². The molecule has 0 aromatic carbocycles. The molecule has 2 aromatic rings. The lowest BCUT2D eigenvalue weighted by atomic mass is 10.0. The maximum atomic E-state index is 13.0. The van der Waals surface area contributed by atoms with Crippen LogP contribution in [0.3, 0.4) is 0 Å². The first-order valence-corrected chi connectivity index (χ1v) is 14.2. The zero-order chi connectivity index (χ0) is 27.6. The van der Waals surface area contributed by atoms with Crippen molar-refractivity contribution in [2.24, 2.45) is 5.16 Å². The van der Waals surface area contributed by atoms with E-state index in [-0.39, 0.29) is 22.2 Å². The molecule has 0 saturated carbocycles. The van der Waals surface area contributed by atoms with Crippen LogP contribution < -0.4 is 16.2 Å². The number of nitrogens with two attached hydrogens (primary N) is 1. The molecule has 202 valence electrons. The molecule has 2 aliphatic rings. The van der Waals surface area contributed by atoms with Crippen LogP contribution in [0.2, 0.25) is 0 Å². The van der Waals surface area contributed by atoms with Crippen molar-refractivity contribution >= 4 is 63.1 Å². The Morgan fingerprint density at radius 2 is 2.16 bits per heavy atom. The Morgan fingerprint density at radius 3 is 2.76 bits per heavy atom. The van der Waals surface area contributed by atoms with E-state index in [4.69, 9.17) is 10.6 Å². The number of carboxylic acids is 1. The highest BCUT2D eigenvalue weighted by Crippen LogP contribution is 2.40. The van der Waals surface area contributed by atoms with Crippen LogP contribution in [0, 0.1) is 6.92 Å². The fourth-order valence-electron chi connectivity index (χ4n) is 4.07. The van der Waals surface area contributed by atoms with Gasteiger partial charge in [-0.1, -0.05) is 11.2 Å². The molecule has 0 unspecified atom stereocenters. The molecule has 0 aliphatic carbocycles. The molecule has 15 heteroatoms. The van der Waals surface area contributed by atoms with Gasteiger partial charge in [-0.15, -0.1) is 34.4 Å². The van der Waals surface area contributed by atoms with Gasteiger partial charge in [-0.05, 0) is 18.6 Å². The van der Waals surface area contributed by atoms with Gasteiger partial charge in [0, 0.05) is 11.1 Å². The Kier molecular flexibility index (Phi) is 8.20. The number of anilines is 1. The number of allylic oxidation sites excluding steroid dienone is 1. The number of carbonyl (C=O) groups is 3. The van der Waals surface area contributed by atoms with Crippen molar-refractivity contribution in [1.29, 1.82) is 0 Å². The molecule has 2 atom stereocenters. The number of aromatic nitrogens is 2. The maximum Gasteiger partial charge on any atom is 0.276 e. The minimum Gasteiger partial charge on any atom is -0.543 e. The van der Waals surface area contributed by atoms with Crippen LogP contribution in [-0.4, -0.2) is 87.8 Å². The number of aliphatic carboxylic acids is 1. The van der Waals surface area contributed by atoms with Crippen molar-refractivity contribution in [1.82, 2.24) is 20.2 Å². The number of carbonyl (C=O) groups excluding carboxylic acids is 3. The van der Waals surface area contributed by atoms with Gasteiger partial charge in [0.05, 0.1) is 48.4 Å². The van der Waals surface area contributed by atoms with E-state index in [1.165, 1.54) is 28.6 Å². The number of oxime groups is 1. The van der Waals surface area contributed by atoms with Crippen LogP contribution in [0.4, 0.5) is 5.13 Å². The zero-order valence-electron chi connectivity index (χ0n) is 21.2. The number of nitrogens with zero attached hydrogens (tertiary/aromatic N) is 5. The topological polar surface area (TPSA) is 163 Å². The lowest BCUT2D eigenvalue weighted by molar-refractivity contribution is -0.897. The van der Waals surface area contributed by atoms with Gasteiger partial charge in [-0.25, -0.2) is 9.97 Å². The molecule has 2 aliphatic heterocycles. The second-order valence-corrected chi connectivity index (χ2v) is 12.2. The highest BCUT2D eigenvalue weighted by molar-refractivity contribution is 8.00. The number of nitrogens with one attached hydrogen (secondary N) is 1. The molecule has 1 saturated heterocycles. The molecule has 4 heterocycles. The Balaban J connectivity index is 1.46. The number of rotatable bonds is 10. The monoisotopic (exact) mass is 577 g/mol. The number of carboxylic acid groups (broad SMARTS) is 1. The fourth-order valence-corrected chi connectivity index (χ4v) is 6.93. The SMILES string of the molecule is CO/N=C(\C(=O)N[C@@H]1C(=O)N2C(C(=O)[O-])=C(/C=C/C[N+](C)(C)Cc3scnc3C)CS[C@H]12)c1csc(N)n1. The predicted octanol–water partition coefficient (Wildman–Crippen LogP) is 0.0774. The van der Waals surface area contributed by atoms with Crippen molar-refractivity contribution in [3.63, 3.8) is 0 Å². The van der Waals surface area contributed by atoms with E-state index in [1.807, 2.05) is 18.5 Å². The highest BCUT2D eigenvalue weighted by Gasteiger charge is 2.53. The van der Waals surface area contributed by atoms with Crippen molar-refractivity contribution < 1.29 is 28.8 Å². The minimum absolute atomic E-state index is 0.138. The molecule has 3 N–H and O–H groups in total. The van der Waals surface area contributed by atoms with Crippen molar-refractivity contribution in [3.05, 3.63) is 50.6 Å². The average molecular weight is 578 g/mol. The number of quaternary nitrogens is 1. The number of β-lactam (4-membered cyclic amide) rings is 1. The zero-order valence-corrected chi connectivity index (χ0v) is 23.6. The van der Waals surface area contributed by atoms with Crippen LogP contribution in [0.5, 0.6) is 0 Å². The number of hydrogen-bond donors (Lipinski definition) is 2. The summed E-state index contributed by atoms with van der Waals surface area (Å²) < 4.78 is 0.649. The third-order valence-electron chi connectivity index (χ3n) is 5.98. The number of fused-ring (bicyclic) bond motifs is 1. The Labute approximate surface area is 231 Å². The standard InChI is InChI=1S/C23H27N7O5S3/c1-12-15(38-11-25-12)8-30(2,3)7-5-6-13-9-36-21-17(20(32)29(21)18(13)22(33)34)27-19(31)16(28-35-4)14-10-37-23(24)26-14/h5-6,10-11,17,21H,7-9H2,1-4H3,(H3-,24,26,27,31,33,34)/b6-5+,28-16-/t17-,21-/m1/s1. The third-order valence-corrected chi connectivity index (χ3v) is 8.87. The van der Waals surface area contributed by atoms with E-state index < -0.39 is 29.2 Å². The molecule has 2 amide bonds. The molecule has 0 radical (unpaired) electrons. The molecular formula is C23H27N7O5S3. The first-order valence-electron chi connectivity index (χ1n) is 11.4. The summed E-state index contributed by atoms with van der Waals surface area (Å²) in [7, 11) is 5.44. The number of nitrogen functional groups attached to an aromatic ring is 1. The molecule has 4 rings (SSSR count). The van der Waals surface area contributed by atoms with Crippen LogP contribution in [0.1, 0.15) is 16.3 Å². The summed E-state index contributed by atoms with van der Waals surface area (Å²) in [5.74, 6) is -2.34. The number of likely N-dealkylation sites (N-methyl/N-ethyl adjacent to an activating group) is 1. The van der Waals surface area contributed by atoms with Gasteiger partial charge >= 0.3 is 0 Å². The number of thiazole rings is 2. The first-order chi connectivity index (χ1) is 18.0. The van der Waals surface area contributed by atoms with Gasteiger partial charge in [0.2, 0.25) is 0 Å². The molecule has 0 spiro atoms. The van der Waals surface area contributed by atoms with Gasteiger partial charge < -0.3 is 30.3 Å². The normalized spacial score (nSPS) is 19.9. The Bertz CT molecular complexity index is 1350. The molecule has 0 bridgehead atoms. The number of hydrogen-bond acceptors (Lipinski definition) is 12. The lowest BCUT2D eigenvalue weighted by Gasteiger charge is -2.50. The third kappa shape index (κ3) is 5.75. The van der Waals surface area contributed by atoms with Gasteiger partial charge in [0.25, 0.3) is 11.8 Å². The van der Waals surface area contributed by atoms with Crippen molar-refractivity contribution in [2.45, 2.75) is 24.9 Å². The van der Waals surface area contributed by atoms with Crippen LogP contribution >= 0.6 is 34.4 Å². The summed E-state index contributed by atoms with van der Waals surface area (Å²) in [4.78, 5) is 53.4. The second kappa shape index (κ2) is 11.2. The first kappa shape index (κ1) is 27.8. The predicted molar refractivity (Wildman–Crippen MR) is 144 cm³/mol. The number of amides is 2. The summed E-state index contributed by atoms with van der Waals surface area (Å²) >= 11 is 4.10. The fraction of sp³-hybridized carbons (Fsp3) is 0.391. The van der Waals surface area contributed by atoms with Crippen molar-refractivity contribution in [3.8, 4) is 0 Å². The Hall–Kier alpha value is -3.27. The van der Waals surface area contributed by atoms with E-state index in [1.54, 1.807) is 22.8 Å². The van der Waals surface area contributed by atoms with Gasteiger partial charge in [0.1, 0.15) is 30.8 Å².